The third kappa shape index (κ3) is 5.52. The minimum Gasteiger partial charge on any atom is -0.237 e. The number of hydrogen-bond acceptors (Lipinski definition) is 2. The number of imidazole rings is 1. The molecule has 15 heavy (non-hydrogen) atoms. The maximum Gasteiger partial charge on any atom is 0.243 e. The third-order valence-electron chi connectivity index (χ3n) is 2.21. The van der Waals surface area contributed by atoms with Crippen molar-refractivity contribution in [3.8, 4) is 0 Å². The van der Waals surface area contributed by atoms with E-state index in [4.69, 9.17) is 0 Å². The van der Waals surface area contributed by atoms with Gasteiger partial charge in [0.05, 0.1) is 13.1 Å². The summed E-state index contributed by atoms with van der Waals surface area (Å²) in [4.78, 5) is 0. The van der Waals surface area contributed by atoms with Gasteiger partial charge in [-0.1, -0.05) is 6.92 Å². The Labute approximate surface area is 101 Å². The van der Waals surface area contributed by atoms with Gasteiger partial charge < -0.3 is 0 Å². The van der Waals surface area contributed by atoms with Gasteiger partial charge in [-0.25, -0.2) is 9.13 Å². The fraction of sp³-hybridized carbons (Fsp3) is 0.727. The molecule has 0 aliphatic heterocycles. The molecule has 0 unspecified atom stereocenters. The largest absolute Gasteiger partial charge is 0.243 e. The maximum atomic E-state index is 2.28. The predicted molar refractivity (Wildman–Crippen MR) is 70.6 cm³/mol. The van der Waals surface area contributed by atoms with Crippen molar-refractivity contribution < 1.29 is 4.57 Å². The lowest BCUT2D eigenvalue weighted by molar-refractivity contribution is -0.696. The van der Waals surface area contributed by atoms with E-state index >= 15 is 0 Å². The molecule has 0 N–H and O–H groups in total. The molecule has 0 aliphatic rings. The number of hydrogen-bond donors (Lipinski definition) is 0. The fourth-order valence-electron chi connectivity index (χ4n) is 1.41. The van der Waals surface area contributed by atoms with E-state index in [1.807, 2.05) is 23.5 Å². The van der Waals surface area contributed by atoms with Crippen molar-refractivity contribution in [3.05, 3.63) is 18.7 Å². The molecule has 0 spiro atoms. The van der Waals surface area contributed by atoms with Crippen LogP contribution >= 0.6 is 23.5 Å². The Morgan fingerprint density at radius 3 is 2.93 bits per heavy atom. The van der Waals surface area contributed by atoms with Crippen LogP contribution in [0.3, 0.4) is 0 Å². The number of nitrogens with zero attached hydrogens (tertiary/aromatic N) is 2. The van der Waals surface area contributed by atoms with E-state index in [1.165, 1.54) is 23.7 Å². The Balaban J connectivity index is 2.23. The van der Waals surface area contributed by atoms with Gasteiger partial charge in [0.2, 0.25) is 6.33 Å². The van der Waals surface area contributed by atoms with Gasteiger partial charge in [0.1, 0.15) is 12.4 Å². The summed E-state index contributed by atoms with van der Waals surface area (Å²) >= 11 is 3.92. The molecule has 0 aliphatic carbocycles. The number of thioether (sulfide) groups is 2. The molecule has 2 nitrogen and oxygen atoms in total. The highest BCUT2D eigenvalue weighted by Gasteiger charge is 2.02. The zero-order chi connectivity index (χ0) is 10.9. The van der Waals surface area contributed by atoms with Gasteiger partial charge in [-0.2, -0.15) is 23.5 Å². The quantitative estimate of drug-likeness (QED) is 0.513. The highest BCUT2D eigenvalue weighted by atomic mass is 32.2. The second-order valence-electron chi connectivity index (χ2n) is 3.43. The maximum absolute atomic E-state index is 2.28. The van der Waals surface area contributed by atoms with Gasteiger partial charge in [0, 0.05) is 5.75 Å². The Morgan fingerprint density at radius 1 is 1.33 bits per heavy atom. The van der Waals surface area contributed by atoms with Crippen LogP contribution in [0.4, 0.5) is 0 Å². The highest BCUT2D eigenvalue weighted by molar-refractivity contribution is 7.99. The van der Waals surface area contributed by atoms with Crippen molar-refractivity contribution in [1.82, 2.24) is 4.57 Å². The van der Waals surface area contributed by atoms with E-state index < -0.39 is 0 Å². The molecule has 0 saturated heterocycles. The lowest BCUT2D eigenvalue weighted by atomic mass is 10.5. The van der Waals surface area contributed by atoms with Gasteiger partial charge in [-0.05, 0) is 24.2 Å². The van der Waals surface area contributed by atoms with Crippen LogP contribution in [0.2, 0.25) is 0 Å². The Bertz CT molecular complexity index is 236. The minimum absolute atomic E-state index is 1.13. The van der Waals surface area contributed by atoms with Crippen LogP contribution in [0.1, 0.15) is 13.3 Å². The van der Waals surface area contributed by atoms with Crippen molar-refractivity contribution in [2.75, 3.05) is 23.5 Å². The second-order valence-corrected chi connectivity index (χ2v) is 5.81. The SMILES string of the molecule is CCSCCn1cc[n+](CCCSC)c1. The molecule has 1 aromatic heterocycles. The zero-order valence-electron chi connectivity index (χ0n) is 9.69. The molecule has 0 atom stereocenters. The van der Waals surface area contributed by atoms with Crippen LogP contribution in [-0.4, -0.2) is 28.1 Å². The molecule has 86 valence electrons. The topological polar surface area (TPSA) is 8.81 Å². The Hall–Kier alpha value is -0.0900. The molecule has 0 fully saturated rings. The Morgan fingerprint density at radius 2 is 2.20 bits per heavy atom. The number of rotatable bonds is 8. The molecule has 0 amide bonds. The molecule has 0 aromatic carbocycles. The van der Waals surface area contributed by atoms with E-state index in [2.05, 4.69) is 41.0 Å². The zero-order valence-corrected chi connectivity index (χ0v) is 11.3. The Kier molecular flexibility index (Phi) is 7.01. The van der Waals surface area contributed by atoms with Crippen LogP contribution in [0, 0.1) is 0 Å². The molecule has 0 bridgehead atoms. The summed E-state index contributed by atoms with van der Waals surface area (Å²) in [6.45, 7) is 4.49. The van der Waals surface area contributed by atoms with Crippen LogP contribution in [0.15, 0.2) is 18.7 Å². The van der Waals surface area contributed by atoms with E-state index in [1.54, 1.807) is 0 Å². The minimum atomic E-state index is 1.13. The molecule has 1 rings (SSSR count). The average Bonchev–Trinajstić information content (AvgIpc) is 2.67. The van der Waals surface area contributed by atoms with E-state index in [9.17, 15) is 0 Å². The van der Waals surface area contributed by atoms with Crippen molar-refractivity contribution in [1.29, 1.82) is 0 Å². The van der Waals surface area contributed by atoms with E-state index in [-0.39, 0.29) is 0 Å². The van der Waals surface area contributed by atoms with Crippen LogP contribution in [-0.2, 0) is 13.1 Å². The third-order valence-corrected chi connectivity index (χ3v) is 3.79. The van der Waals surface area contributed by atoms with Gasteiger partial charge >= 0.3 is 0 Å². The van der Waals surface area contributed by atoms with Gasteiger partial charge in [-0.3, -0.25) is 0 Å². The van der Waals surface area contributed by atoms with Crippen LogP contribution < -0.4 is 4.57 Å². The van der Waals surface area contributed by atoms with Crippen molar-refractivity contribution in [3.63, 3.8) is 0 Å². The van der Waals surface area contributed by atoms with Crippen molar-refractivity contribution in [2.45, 2.75) is 26.4 Å². The summed E-state index contributed by atoms with van der Waals surface area (Å²) in [7, 11) is 0. The standard InChI is InChI=1S/C11H21N2S2/c1-3-15-10-8-13-7-6-12(11-13)5-4-9-14-2/h6-7,11H,3-5,8-10H2,1-2H3/q+1. The summed E-state index contributed by atoms with van der Waals surface area (Å²) in [5.41, 5.74) is 0. The molecular formula is C11H21N2S2+. The first-order chi connectivity index (χ1) is 7.36. The predicted octanol–water partition coefficient (Wildman–Crippen LogP) is 2.28. The number of aromatic nitrogens is 2. The number of aryl methyl sites for hydroxylation is 2. The lowest BCUT2D eigenvalue weighted by Gasteiger charge is -1.96. The van der Waals surface area contributed by atoms with E-state index in [0.717, 1.165) is 13.1 Å². The summed E-state index contributed by atoms with van der Waals surface area (Å²) < 4.78 is 4.56. The summed E-state index contributed by atoms with van der Waals surface area (Å²) in [6, 6.07) is 0. The van der Waals surface area contributed by atoms with Gasteiger partial charge in [0.15, 0.2) is 0 Å². The first-order valence-corrected chi connectivity index (χ1v) is 8.03. The lowest BCUT2D eigenvalue weighted by Crippen LogP contribution is -2.31. The first-order valence-electron chi connectivity index (χ1n) is 5.48. The molecule has 0 saturated carbocycles. The first kappa shape index (κ1) is 13.0. The molecule has 1 aromatic rings. The van der Waals surface area contributed by atoms with Crippen molar-refractivity contribution >= 4 is 23.5 Å². The normalized spacial score (nSPS) is 10.8. The molecular weight excluding hydrogens is 224 g/mol. The molecule has 1 heterocycles. The fourth-order valence-corrected chi connectivity index (χ4v) is 2.46. The second kappa shape index (κ2) is 8.11. The van der Waals surface area contributed by atoms with Gasteiger partial charge in [-0.15, -0.1) is 0 Å². The van der Waals surface area contributed by atoms with Crippen LogP contribution in [0.25, 0.3) is 0 Å². The highest BCUT2D eigenvalue weighted by Crippen LogP contribution is 2.00. The average molecular weight is 245 g/mol. The monoisotopic (exact) mass is 245 g/mol. The summed E-state index contributed by atoms with van der Waals surface area (Å²) in [5.74, 6) is 3.69. The van der Waals surface area contributed by atoms with Crippen LogP contribution in [0.5, 0.6) is 0 Å². The van der Waals surface area contributed by atoms with Gasteiger partial charge in [0.25, 0.3) is 0 Å². The molecule has 4 heteroatoms. The van der Waals surface area contributed by atoms with Crippen molar-refractivity contribution in [2.24, 2.45) is 0 Å². The van der Waals surface area contributed by atoms with E-state index in [0.29, 0.717) is 0 Å². The molecule has 0 radical (unpaired) electrons. The summed E-state index contributed by atoms with van der Waals surface area (Å²) in [5, 5.41) is 0. The summed E-state index contributed by atoms with van der Waals surface area (Å²) in [6.07, 6.45) is 10.0. The smallest absolute Gasteiger partial charge is 0.237 e.